The normalized spacial score (nSPS) is 14.7. The molecule has 0 aliphatic heterocycles. The SMILES string of the molecule is CC(C)CC(NC(=O)C(N)CC(N)=O)C(=O)NC(C)C(=O)NC(Cc1cnc[nH]1)C(=O)O. The highest BCUT2D eigenvalue weighted by Gasteiger charge is 2.29. The lowest BCUT2D eigenvalue weighted by Crippen LogP contribution is -2.57. The summed E-state index contributed by atoms with van der Waals surface area (Å²) < 4.78 is 0. The van der Waals surface area contributed by atoms with Gasteiger partial charge in [-0.3, -0.25) is 19.2 Å². The molecule has 0 saturated carbocycles. The second-order valence-corrected chi connectivity index (χ2v) is 7.88. The Hall–Kier alpha value is -3.48. The summed E-state index contributed by atoms with van der Waals surface area (Å²) in [6.07, 6.45) is 2.67. The Morgan fingerprint density at radius 3 is 2.16 bits per heavy atom. The van der Waals surface area contributed by atoms with E-state index in [0.717, 1.165) is 0 Å². The lowest BCUT2D eigenvalue weighted by Gasteiger charge is -2.24. The number of hydrogen-bond acceptors (Lipinski definition) is 7. The Morgan fingerprint density at radius 2 is 1.66 bits per heavy atom. The van der Waals surface area contributed by atoms with Crippen molar-refractivity contribution in [1.82, 2.24) is 25.9 Å². The molecule has 0 fully saturated rings. The van der Waals surface area contributed by atoms with E-state index in [1.54, 1.807) is 0 Å². The summed E-state index contributed by atoms with van der Waals surface area (Å²) in [6.45, 7) is 5.05. The van der Waals surface area contributed by atoms with E-state index in [-0.39, 0.29) is 25.2 Å². The van der Waals surface area contributed by atoms with Gasteiger partial charge in [0.25, 0.3) is 0 Å². The molecule has 32 heavy (non-hydrogen) atoms. The van der Waals surface area contributed by atoms with Crippen molar-refractivity contribution in [3.05, 3.63) is 18.2 Å². The zero-order valence-electron chi connectivity index (χ0n) is 18.3. The molecule has 13 nitrogen and oxygen atoms in total. The average molecular weight is 454 g/mol. The van der Waals surface area contributed by atoms with Gasteiger partial charge in [0.2, 0.25) is 23.6 Å². The van der Waals surface area contributed by atoms with Gasteiger partial charge in [0.15, 0.2) is 0 Å². The molecule has 0 aliphatic rings. The Morgan fingerprint density at radius 1 is 1.03 bits per heavy atom. The molecule has 0 saturated heterocycles. The number of carboxylic acids is 1. The fourth-order valence-corrected chi connectivity index (χ4v) is 2.78. The fourth-order valence-electron chi connectivity index (χ4n) is 2.78. The van der Waals surface area contributed by atoms with Crippen molar-refractivity contribution in [2.45, 2.75) is 64.2 Å². The van der Waals surface area contributed by atoms with Gasteiger partial charge in [0.05, 0.1) is 18.8 Å². The number of carbonyl (C=O) groups excluding carboxylic acids is 4. The van der Waals surface area contributed by atoms with Crippen LogP contribution in [0.1, 0.15) is 39.3 Å². The number of nitrogens with zero attached hydrogens (tertiary/aromatic N) is 1. The predicted octanol–water partition coefficient (Wildman–Crippen LogP) is -2.24. The third-order valence-corrected chi connectivity index (χ3v) is 4.44. The maximum Gasteiger partial charge on any atom is 0.326 e. The van der Waals surface area contributed by atoms with Gasteiger partial charge in [-0.05, 0) is 19.3 Å². The number of carboxylic acid groups (broad SMARTS) is 1. The molecular formula is C19H31N7O6. The van der Waals surface area contributed by atoms with E-state index in [1.165, 1.54) is 19.4 Å². The number of nitrogens with one attached hydrogen (secondary N) is 4. The number of imidazole rings is 1. The van der Waals surface area contributed by atoms with Crippen LogP contribution >= 0.6 is 0 Å². The number of aliphatic carboxylic acids is 1. The quantitative estimate of drug-likeness (QED) is 0.172. The van der Waals surface area contributed by atoms with Gasteiger partial charge in [0, 0.05) is 18.3 Å². The standard InChI is InChI=1S/C19H31N7O6/c1-9(2)4-13(25-17(29)12(20)6-15(21)27)18(30)24-10(3)16(28)26-14(19(31)32)5-11-7-22-8-23-11/h7-10,12-14H,4-6,20H2,1-3H3,(H2,21,27)(H,22,23)(H,24,30)(H,25,29)(H,26,28)(H,31,32). The molecule has 0 radical (unpaired) electrons. The minimum Gasteiger partial charge on any atom is -0.480 e. The van der Waals surface area contributed by atoms with E-state index in [9.17, 15) is 29.1 Å². The summed E-state index contributed by atoms with van der Waals surface area (Å²) in [4.78, 5) is 66.3. The van der Waals surface area contributed by atoms with Crippen LogP contribution in [-0.4, -0.2) is 68.8 Å². The van der Waals surface area contributed by atoms with Crippen LogP contribution in [0, 0.1) is 5.92 Å². The second kappa shape index (κ2) is 12.4. The summed E-state index contributed by atoms with van der Waals surface area (Å²) in [5.74, 6) is -4.10. The zero-order valence-corrected chi connectivity index (χ0v) is 18.3. The van der Waals surface area contributed by atoms with Crippen LogP contribution in [-0.2, 0) is 30.4 Å². The molecule has 4 atom stereocenters. The van der Waals surface area contributed by atoms with E-state index >= 15 is 0 Å². The maximum atomic E-state index is 12.7. The molecule has 0 bridgehead atoms. The van der Waals surface area contributed by atoms with Gasteiger partial charge in [0.1, 0.15) is 18.1 Å². The van der Waals surface area contributed by atoms with Crippen molar-refractivity contribution in [3.8, 4) is 0 Å². The first-order valence-corrected chi connectivity index (χ1v) is 10.1. The maximum absolute atomic E-state index is 12.7. The highest BCUT2D eigenvalue weighted by atomic mass is 16.4. The van der Waals surface area contributed by atoms with E-state index in [2.05, 4.69) is 25.9 Å². The molecule has 1 aromatic rings. The van der Waals surface area contributed by atoms with Crippen LogP contribution in [0.25, 0.3) is 0 Å². The van der Waals surface area contributed by atoms with E-state index in [0.29, 0.717) is 5.69 Å². The van der Waals surface area contributed by atoms with E-state index in [1.807, 2.05) is 13.8 Å². The van der Waals surface area contributed by atoms with Crippen molar-refractivity contribution < 1.29 is 29.1 Å². The molecule has 4 unspecified atom stereocenters. The molecule has 1 aromatic heterocycles. The topological polar surface area (TPSA) is 222 Å². The Labute approximate surface area is 185 Å². The number of nitrogens with two attached hydrogens (primary N) is 2. The number of rotatable bonds is 13. The number of aromatic nitrogens is 2. The first-order chi connectivity index (χ1) is 14.9. The predicted molar refractivity (Wildman–Crippen MR) is 113 cm³/mol. The minimum absolute atomic E-state index is 0.00773. The number of amides is 4. The molecule has 0 spiro atoms. The summed E-state index contributed by atoms with van der Waals surface area (Å²) in [6, 6.07) is -4.55. The van der Waals surface area contributed by atoms with Crippen molar-refractivity contribution >= 4 is 29.6 Å². The average Bonchev–Trinajstić information content (AvgIpc) is 3.18. The number of hydrogen-bond donors (Lipinski definition) is 7. The van der Waals surface area contributed by atoms with Gasteiger partial charge < -0.3 is 37.5 Å². The molecule has 4 amide bonds. The van der Waals surface area contributed by atoms with E-state index < -0.39 is 53.8 Å². The highest BCUT2D eigenvalue weighted by molar-refractivity contribution is 5.94. The highest BCUT2D eigenvalue weighted by Crippen LogP contribution is 2.07. The van der Waals surface area contributed by atoms with Crippen molar-refractivity contribution in [2.24, 2.45) is 17.4 Å². The van der Waals surface area contributed by atoms with Crippen LogP contribution in [0.3, 0.4) is 0 Å². The number of H-pyrrole nitrogens is 1. The Bertz CT molecular complexity index is 811. The van der Waals surface area contributed by atoms with Crippen molar-refractivity contribution in [3.63, 3.8) is 0 Å². The fraction of sp³-hybridized carbons (Fsp3) is 0.579. The third kappa shape index (κ3) is 9.12. The summed E-state index contributed by atoms with van der Waals surface area (Å²) >= 11 is 0. The molecule has 1 heterocycles. The van der Waals surface area contributed by atoms with Gasteiger partial charge in [-0.15, -0.1) is 0 Å². The molecular weight excluding hydrogens is 422 g/mol. The minimum atomic E-state index is -1.25. The lowest BCUT2D eigenvalue weighted by atomic mass is 10.0. The molecule has 13 heteroatoms. The van der Waals surface area contributed by atoms with Gasteiger partial charge in [-0.1, -0.05) is 13.8 Å². The van der Waals surface area contributed by atoms with Gasteiger partial charge in [-0.2, -0.15) is 0 Å². The zero-order chi connectivity index (χ0) is 24.4. The molecule has 9 N–H and O–H groups in total. The second-order valence-electron chi connectivity index (χ2n) is 7.88. The van der Waals surface area contributed by atoms with Crippen LogP contribution in [0.4, 0.5) is 0 Å². The third-order valence-electron chi connectivity index (χ3n) is 4.44. The van der Waals surface area contributed by atoms with Crippen LogP contribution in [0.2, 0.25) is 0 Å². The molecule has 0 aromatic carbocycles. The first-order valence-electron chi connectivity index (χ1n) is 10.1. The number of primary amides is 1. The van der Waals surface area contributed by atoms with Crippen molar-refractivity contribution in [1.29, 1.82) is 0 Å². The summed E-state index contributed by atoms with van der Waals surface area (Å²) in [7, 11) is 0. The van der Waals surface area contributed by atoms with Gasteiger partial charge >= 0.3 is 5.97 Å². The summed E-state index contributed by atoms with van der Waals surface area (Å²) in [5, 5.41) is 16.6. The molecule has 178 valence electrons. The Balaban J connectivity index is 2.76. The monoisotopic (exact) mass is 453 g/mol. The molecule has 1 rings (SSSR count). The number of carbonyl (C=O) groups is 5. The first kappa shape index (κ1) is 26.6. The Kier molecular flexibility index (Phi) is 10.3. The summed E-state index contributed by atoms with van der Waals surface area (Å²) in [5.41, 5.74) is 11.2. The largest absolute Gasteiger partial charge is 0.480 e. The van der Waals surface area contributed by atoms with Crippen LogP contribution in [0.5, 0.6) is 0 Å². The smallest absolute Gasteiger partial charge is 0.326 e. The number of aromatic amines is 1. The van der Waals surface area contributed by atoms with Crippen LogP contribution < -0.4 is 27.4 Å². The lowest BCUT2D eigenvalue weighted by molar-refractivity contribution is -0.142. The molecule has 0 aliphatic carbocycles. The van der Waals surface area contributed by atoms with E-state index in [4.69, 9.17) is 11.5 Å². The van der Waals surface area contributed by atoms with Crippen molar-refractivity contribution in [2.75, 3.05) is 0 Å². The van der Waals surface area contributed by atoms with Gasteiger partial charge in [-0.25, -0.2) is 9.78 Å². The van der Waals surface area contributed by atoms with Crippen LogP contribution in [0.15, 0.2) is 12.5 Å².